The number of aromatic nitrogens is 4. The van der Waals surface area contributed by atoms with Crippen molar-refractivity contribution in [1.82, 2.24) is 25.2 Å². The third kappa shape index (κ3) is 4.27. The normalized spacial score (nSPS) is 10.8. The van der Waals surface area contributed by atoms with E-state index in [4.69, 9.17) is 4.52 Å². The van der Waals surface area contributed by atoms with Crippen molar-refractivity contribution < 1.29 is 9.32 Å². The quantitative estimate of drug-likeness (QED) is 0.699. The van der Waals surface area contributed by atoms with Gasteiger partial charge in [0.05, 0.1) is 11.4 Å². The summed E-state index contributed by atoms with van der Waals surface area (Å²) < 4.78 is 6.82. The number of aryl methyl sites for hydroxylation is 2. The average Bonchev–Trinajstić information content (AvgIpc) is 3.25. The summed E-state index contributed by atoms with van der Waals surface area (Å²) in [7, 11) is 0. The summed E-state index contributed by atoms with van der Waals surface area (Å²) in [5, 5.41) is 11.0. The van der Waals surface area contributed by atoms with E-state index in [1.54, 1.807) is 17.1 Å². The Labute approximate surface area is 149 Å². The van der Waals surface area contributed by atoms with Crippen LogP contribution in [0.3, 0.4) is 0 Å². The van der Waals surface area contributed by atoms with Crippen molar-refractivity contribution in [3.05, 3.63) is 59.4 Å². The maximum Gasteiger partial charge on any atom is 0.230 e. The number of thioether (sulfide) groups is 1. The minimum atomic E-state index is -0.0213. The van der Waals surface area contributed by atoms with Gasteiger partial charge in [-0.1, -0.05) is 11.2 Å². The minimum absolute atomic E-state index is 0.0213. The summed E-state index contributed by atoms with van der Waals surface area (Å²) in [6, 6.07) is 5.62. The van der Waals surface area contributed by atoms with Gasteiger partial charge < -0.3 is 9.84 Å². The van der Waals surface area contributed by atoms with E-state index in [1.165, 1.54) is 11.8 Å². The number of nitrogens with zero attached hydrogens (tertiary/aromatic N) is 4. The SMILES string of the molecule is Cc1noc(C)c1CSCC(=O)NCc1cccnc1-n1cccn1. The predicted octanol–water partition coefficient (Wildman–Crippen LogP) is 2.42. The molecule has 0 aliphatic carbocycles. The van der Waals surface area contributed by atoms with Crippen LogP contribution in [0.15, 0.2) is 41.3 Å². The van der Waals surface area contributed by atoms with Crippen molar-refractivity contribution >= 4 is 17.7 Å². The lowest BCUT2D eigenvalue weighted by molar-refractivity contribution is -0.118. The van der Waals surface area contributed by atoms with E-state index in [9.17, 15) is 4.79 Å². The molecule has 0 spiro atoms. The van der Waals surface area contributed by atoms with Gasteiger partial charge in [0.2, 0.25) is 5.91 Å². The van der Waals surface area contributed by atoms with Crippen LogP contribution in [0.5, 0.6) is 0 Å². The summed E-state index contributed by atoms with van der Waals surface area (Å²) in [4.78, 5) is 16.4. The molecule has 0 aliphatic rings. The molecule has 3 aromatic rings. The van der Waals surface area contributed by atoms with Gasteiger partial charge in [-0.05, 0) is 26.0 Å². The number of rotatable bonds is 7. The molecule has 1 amide bonds. The smallest absolute Gasteiger partial charge is 0.230 e. The predicted molar refractivity (Wildman–Crippen MR) is 95.3 cm³/mol. The maximum absolute atomic E-state index is 12.1. The van der Waals surface area contributed by atoms with Crippen LogP contribution in [0, 0.1) is 13.8 Å². The molecule has 3 aromatic heterocycles. The van der Waals surface area contributed by atoms with Gasteiger partial charge in [-0.15, -0.1) is 11.8 Å². The first-order chi connectivity index (χ1) is 12.1. The average molecular weight is 357 g/mol. The van der Waals surface area contributed by atoms with Gasteiger partial charge in [0, 0.05) is 42.0 Å². The molecule has 0 atom stereocenters. The zero-order valence-electron chi connectivity index (χ0n) is 14.1. The Bertz CT molecular complexity index is 825. The van der Waals surface area contributed by atoms with Crippen LogP contribution >= 0.6 is 11.8 Å². The third-order valence-electron chi connectivity index (χ3n) is 3.73. The lowest BCUT2D eigenvalue weighted by Crippen LogP contribution is -2.25. The third-order valence-corrected chi connectivity index (χ3v) is 4.68. The molecule has 3 heterocycles. The Morgan fingerprint density at radius 1 is 1.32 bits per heavy atom. The van der Waals surface area contributed by atoms with Crippen LogP contribution in [0.4, 0.5) is 0 Å². The highest BCUT2D eigenvalue weighted by Crippen LogP contribution is 2.19. The first kappa shape index (κ1) is 17.2. The van der Waals surface area contributed by atoms with E-state index < -0.39 is 0 Å². The second-order valence-corrected chi connectivity index (χ2v) is 6.49. The highest BCUT2D eigenvalue weighted by atomic mass is 32.2. The Morgan fingerprint density at radius 3 is 2.92 bits per heavy atom. The van der Waals surface area contributed by atoms with E-state index >= 15 is 0 Å². The minimum Gasteiger partial charge on any atom is -0.361 e. The Kier molecular flexibility index (Phi) is 5.49. The Balaban J connectivity index is 1.52. The monoisotopic (exact) mass is 357 g/mol. The molecule has 0 saturated heterocycles. The number of pyridine rings is 1. The van der Waals surface area contributed by atoms with Gasteiger partial charge in [-0.25, -0.2) is 9.67 Å². The van der Waals surface area contributed by atoms with Crippen molar-refractivity contribution in [2.45, 2.75) is 26.1 Å². The molecule has 3 rings (SSSR count). The van der Waals surface area contributed by atoms with Gasteiger partial charge in [-0.3, -0.25) is 4.79 Å². The zero-order chi connectivity index (χ0) is 17.6. The molecule has 0 radical (unpaired) electrons. The second-order valence-electron chi connectivity index (χ2n) is 5.51. The Morgan fingerprint density at radius 2 is 2.20 bits per heavy atom. The summed E-state index contributed by atoms with van der Waals surface area (Å²) in [6.07, 6.45) is 5.23. The first-order valence-electron chi connectivity index (χ1n) is 7.85. The highest BCUT2D eigenvalue weighted by molar-refractivity contribution is 7.99. The van der Waals surface area contributed by atoms with E-state index in [0.717, 1.165) is 28.4 Å². The number of hydrogen-bond acceptors (Lipinski definition) is 6. The van der Waals surface area contributed by atoms with Crippen molar-refractivity contribution in [2.24, 2.45) is 0 Å². The van der Waals surface area contributed by atoms with Gasteiger partial charge in [0.15, 0.2) is 5.82 Å². The summed E-state index contributed by atoms with van der Waals surface area (Å²) in [5.74, 6) is 2.59. The molecule has 130 valence electrons. The topological polar surface area (TPSA) is 85.8 Å². The molecule has 0 aromatic carbocycles. The van der Waals surface area contributed by atoms with E-state index in [0.29, 0.717) is 18.1 Å². The molecule has 0 fully saturated rings. The molecule has 25 heavy (non-hydrogen) atoms. The summed E-state index contributed by atoms with van der Waals surface area (Å²) in [6.45, 7) is 4.20. The fourth-order valence-corrected chi connectivity index (χ4v) is 3.37. The van der Waals surface area contributed by atoms with Crippen molar-refractivity contribution in [1.29, 1.82) is 0 Å². The first-order valence-corrected chi connectivity index (χ1v) is 9.00. The van der Waals surface area contributed by atoms with Gasteiger partial charge >= 0.3 is 0 Å². The molecule has 0 unspecified atom stereocenters. The molecule has 0 saturated carbocycles. The molecule has 0 bridgehead atoms. The highest BCUT2D eigenvalue weighted by Gasteiger charge is 2.11. The summed E-state index contributed by atoms with van der Waals surface area (Å²) in [5.41, 5.74) is 2.85. The van der Waals surface area contributed by atoms with Crippen LogP contribution in [0.25, 0.3) is 5.82 Å². The van der Waals surface area contributed by atoms with Crippen LogP contribution in [-0.4, -0.2) is 31.6 Å². The molecule has 8 heteroatoms. The fourth-order valence-electron chi connectivity index (χ4n) is 2.37. The lowest BCUT2D eigenvalue weighted by atomic mass is 10.2. The molecular formula is C17H19N5O2S. The number of nitrogens with one attached hydrogen (secondary N) is 1. The zero-order valence-corrected chi connectivity index (χ0v) is 14.9. The molecule has 0 aliphatic heterocycles. The van der Waals surface area contributed by atoms with Crippen LogP contribution in [0.1, 0.15) is 22.6 Å². The van der Waals surface area contributed by atoms with Gasteiger partial charge in [0.1, 0.15) is 5.76 Å². The molecular weight excluding hydrogens is 338 g/mol. The maximum atomic E-state index is 12.1. The van der Waals surface area contributed by atoms with Crippen LogP contribution < -0.4 is 5.32 Å². The van der Waals surface area contributed by atoms with Crippen molar-refractivity contribution in [2.75, 3.05) is 5.75 Å². The number of amides is 1. The van der Waals surface area contributed by atoms with E-state index in [2.05, 4.69) is 20.6 Å². The fraction of sp³-hybridized carbons (Fsp3) is 0.294. The number of hydrogen-bond donors (Lipinski definition) is 1. The Hall–Kier alpha value is -2.61. The van der Waals surface area contributed by atoms with E-state index in [1.807, 2.05) is 38.2 Å². The summed E-state index contributed by atoms with van der Waals surface area (Å²) >= 11 is 1.54. The standard InChI is InChI=1S/C17H19N5O2S/c1-12-15(13(2)24-21-12)10-25-11-16(23)19-9-14-5-3-6-18-17(14)22-8-4-7-20-22/h3-8H,9-11H2,1-2H3,(H,19,23). The lowest BCUT2D eigenvalue weighted by Gasteiger charge is -2.09. The number of carbonyl (C=O) groups excluding carboxylic acids is 1. The largest absolute Gasteiger partial charge is 0.361 e. The molecule has 1 N–H and O–H groups in total. The number of carbonyl (C=O) groups is 1. The molecule has 7 nitrogen and oxygen atoms in total. The van der Waals surface area contributed by atoms with Gasteiger partial charge in [-0.2, -0.15) is 5.10 Å². The van der Waals surface area contributed by atoms with Crippen molar-refractivity contribution in [3.63, 3.8) is 0 Å². The van der Waals surface area contributed by atoms with E-state index in [-0.39, 0.29) is 5.91 Å². The van der Waals surface area contributed by atoms with Crippen LogP contribution in [0.2, 0.25) is 0 Å². The van der Waals surface area contributed by atoms with Crippen molar-refractivity contribution in [3.8, 4) is 5.82 Å². The van der Waals surface area contributed by atoms with Crippen LogP contribution in [-0.2, 0) is 17.1 Å². The second kappa shape index (κ2) is 7.98. The van der Waals surface area contributed by atoms with Gasteiger partial charge in [0.25, 0.3) is 0 Å².